The van der Waals surface area contributed by atoms with Gasteiger partial charge in [-0.05, 0) is 25.0 Å². The lowest BCUT2D eigenvalue weighted by atomic mass is 10.1. The van der Waals surface area contributed by atoms with E-state index in [9.17, 15) is 20.0 Å². The van der Waals surface area contributed by atoms with Crippen LogP contribution in [0.15, 0.2) is 18.2 Å². The number of nitrogens with zero attached hydrogens (tertiary/aromatic N) is 2. The lowest BCUT2D eigenvalue weighted by Crippen LogP contribution is -2.37. The van der Waals surface area contributed by atoms with Crippen LogP contribution < -0.4 is 0 Å². The smallest absolute Gasteiger partial charge is 0.282 e. The number of nitro groups is 1. The molecule has 0 saturated carbocycles. The Bertz CT molecular complexity index is 520. The van der Waals surface area contributed by atoms with Crippen LogP contribution >= 0.6 is 11.6 Å². The normalized spacial score (nSPS) is 18.6. The number of benzene rings is 1. The highest BCUT2D eigenvalue weighted by molar-refractivity contribution is 6.31. The Morgan fingerprint density at radius 2 is 2.32 bits per heavy atom. The lowest BCUT2D eigenvalue weighted by molar-refractivity contribution is -0.385. The van der Waals surface area contributed by atoms with Gasteiger partial charge in [-0.1, -0.05) is 11.6 Å². The molecule has 1 atom stereocenters. The molecule has 0 spiro atoms. The van der Waals surface area contributed by atoms with Gasteiger partial charge in [0.15, 0.2) is 0 Å². The number of carbonyl (C=O) groups excluding carboxylic acids is 1. The largest absolute Gasteiger partial charge is 0.394 e. The SMILES string of the molecule is O=C(c1cc(Cl)ccc1[N+](=O)[O-])N1CCC[C@@H]1CO. The molecule has 1 aliphatic heterocycles. The van der Waals surface area contributed by atoms with Crippen molar-refractivity contribution in [1.29, 1.82) is 0 Å². The Labute approximate surface area is 114 Å². The molecule has 19 heavy (non-hydrogen) atoms. The molecule has 7 heteroatoms. The van der Waals surface area contributed by atoms with Gasteiger partial charge in [-0.2, -0.15) is 0 Å². The molecule has 2 rings (SSSR count). The van der Waals surface area contributed by atoms with Crippen molar-refractivity contribution >= 4 is 23.2 Å². The molecular formula is C12H13ClN2O4. The molecule has 0 aliphatic carbocycles. The second kappa shape index (κ2) is 5.54. The van der Waals surface area contributed by atoms with E-state index in [0.717, 1.165) is 6.42 Å². The molecule has 0 aromatic heterocycles. The third-order valence-corrected chi connectivity index (χ3v) is 3.47. The van der Waals surface area contributed by atoms with E-state index in [1.807, 2.05) is 0 Å². The van der Waals surface area contributed by atoms with E-state index in [1.54, 1.807) is 0 Å². The van der Waals surface area contributed by atoms with Gasteiger partial charge in [-0.25, -0.2) is 0 Å². The van der Waals surface area contributed by atoms with Gasteiger partial charge in [0, 0.05) is 17.6 Å². The van der Waals surface area contributed by atoms with E-state index in [0.29, 0.717) is 13.0 Å². The third kappa shape index (κ3) is 2.69. The van der Waals surface area contributed by atoms with Gasteiger partial charge in [0.25, 0.3) is 11.6 Å². The maximum Gasteiger partial charge on any atom is 0.282 e. The molecule has 0 radical (unpaired) electrons. The zero-order valence-electron chi connectivity index (χ0n) is 10.1. The molecule has 0 unspecified atom stereocenters. The first-order valence-corrected chi connectivity index (χ1v) is 6.28. The first-order chi connectivity index (χ1) is 9.04. The van der Waals surface area contributed by atoms with E-state index in [1.165, 1.54) is 23.1 Å². The van der Waals surface area contributed by atoms with Gasteiger partial charge < -0.3 is 10.0 Å². The second-order valence-electron chi connectivity index (χ2n) is 4.40. The van der Waals surface area contributed by atoms with Crippen molar-refractivity contribution < 1.29 is 14.8 Å². The van der Waals surface area contributed by atoms with Crippen molar-refractivity contribution in [2.75, 3.05) is 13.2 Å². The molecule has 1 aromatic carbocycles. The van der Waals surface area contributed by atoms with E-state index < -0.39 is 10.8 Å². The maximum absolute atomic E-state index is 12.3. The average Bonchev–Trinajstić information content (AvgIpc) is 2.85. The summed E-state index contributed by atoms with van der Waals surface area (Å²) in [6, 6.07) is 3.63. The quantitative estimate of drug-likeness (QED) is 0.678. The summed E-state index contributed by atoms with van der Waals surface area (Å²) in [6.45, 7) is 0.355. The number of carbonyl (C=O) groups is 1. The number of aliphatic hydroxyl groups excluding tert-OH is 1. The number of nitro benzene ring substituents is 1. The van der Waals surface area contributed by atoms with Crippen LogP contribution in [-0.4, -0.2) is 40.0 Å². The minimum atomic E-state index is -0.604. The Hall–Kier alpha value is -1.66. The number of likely N-dealkylation sites (tertiary alicyclic amines) is 1. The molecule has 1 heterocycles. The zero-order valence-corrected chi connectivity index (χ0v) is 10.8. The van der Waals surface area contributed by atoms with Gasteiger partial charge in [-0.15, -0.1) is 0 Å². The van der Waals surface area contributed by atoms with Crippen LogP contribution in [0.3, 0.4) is 0 Å². The summed E-state index contributed by atoms with van der Waals surface area (Å²) in [4.78, 5) is 24.2. The van der Waals surface area contributed by atoms with Crippen LogP contribution in [0.2, 0.25) is 5.02 Å². The standard InChI is InChI=1S/C12H13ClN2O4/c13-8-3-4-11(15(18)19)10(6-8)12(17)14-5-1-2-9(14)7-16/h3-4,6,9,16H,1-2,5,7H2/t9-/m1/s1. The number of halogens is 1. The fraction of sp³-hybridized carbons (Fsp3) is 0.417. The van der Waals surface area contributed by atoms with Crippen LogP contribution in [0, 0.1) is 10.1 Å². The predicted molar refractivity (Wildman–Crippen MR) is 69.3 cm³/mol. The summed E-state index contributed by atoms with van der Waals surface area (Å²) in [5, 5.41) is 20.4. The van der Waals surface area contributed by atoms with Crippen molar-refractivity contribution in [2.24, 2.45) is 0 Å². The number of hydrogen-bond donors (Lipinski definition) is 1. The third-order valence-electron chi connectivity index (χ3n) is 3.23. The molecule has 1 aliphatic rings. The van der Waals surface area contributed by atoms with E-state index >= 15 is 0 Å². The molecule has 102 valence electrons. The van der Waals surface area contributed by atoms with Gasteiger partial charge in [0.1, 0.15) is 5.56 Å². The molecule has 6 nitrogen and oxygen atoms in total. The summed E-state index contributed by atoms with van der Waals surface area (Å²) in [6.07, 6.45) is 1.49. The Morgan fingerprint density at radius 3 is 2.95 bits per heavy atom. The Morgan fingerprint density at radius 1 is 1.58 bits per heavy atom. The molecule has 1 N–H and O–H groups in total. The number of hydrogen-bond acceptors (Lipinski definition) is 4. The highest BCUT2D eigenvalue weighted by Crippen LogP contribution is 2.27. The summed E-state index contributed by atoms with van der Waals surface area (Å²) in [7, 11) is 0. The van der Waals surface area contributed by atoms with E-state index in [4.69, 9.17) is 11.6 Å². The molecule has 0 bridgehead atoms. The number of amides is 1. The van der Waals surface area contributed by atoms with Gasteiger partial charge in [-0.3, -0.25) is 14.9 Å². The summed E-state index contributed by atoms with van der Waals surface area (Å²) < 4.78 is 0. The number of rotatable bonds is 3. The number of aliphatic hydroxyl groups is 1. The topological polar surface area (TPSA) is 83.7 Å². The van der Waals surface area contributed by atoms with Crippen LogP contribution in [-0.2, 0) is 0 Å². The van der Waals surface area contributed by atoms with Crippen molar-refractivity contribution in [2.45, 2.75) is 18.9 Å². The molecular weight excluding hydrogens is 272 g/mol. The summed E-state index contributed by atoms with van der Waals surface area (Å²) in [5.74, 6) is -0.453. The highest BCUT2D eigenvalue weighted by atomic mass is 35.5. The first kappa shape index (κ1) is 13.8. The fourth-order valence-electron chi connectivity index (χ4n) is 2.29. The maximum atomic E-state index is 12.3. The average molecular weight is 285 g/mol. The Balaban J connectivity index is 2.37. The van der Waals surface area contributed by atoms with Crippen molar-refractivity contribution in [3.8, 4) is 0 Å². The minimum Gasteiger partial charge on any atom is -0.394 e. The minimum absolute atomic E-state index is 0.0298. The Kier molecular flexibility index (Phi) is 4.01. The van der Waals surface area contributed by atoms with Crippen molar-refractivity contribution in [3.05, 3.63) is 38.9 Å². The molecule has 1 amide bonds. The van der Waals surface area contributed by atoms with Crippen LogP contribution in [0.4, 0.5) is 5.69 Å². The molecule has 1 saturated heterocycles. The molecule has 1 fully saturated rings. The second-order valence-corrected chi connectivity index (χ2v) is 4.83. The van der Waals surface area contributed by atoms with Crippen molar-refractivity contribution in [3.63, 3.8) is 0 Å². The van der Waals surface area contributed by atoms with Crippen LogP contribution in [0.25, 0.3) is 0 Å². The van der Waals surface area contributed by atoms with Gasteiger partial charge >= 0.3 is 0 Å². The summed E-state index contributed by atoms with van der Waals surface area (Å²) in [5.41, 5.74) is -0.296. The zero-order chi connectivity index (χ0) is 14.0. The van der Waals surface area contributed by atoms with Crippen LogP contribution in [0.5, 0.6) is 0 Å². The van der Waals surface area contributed by atoms with E-state index in [-0.39, 0.29) is 28.9 Å². The van der Waals surface area contributed by atoms with Crippen LogP contribution in [0.1, 0.15) is 23.2 Å². The highest BCUT2D eigenvalue weighted by Gasteiger charge is 2.32. The van der Waals surface area contributed by atoms with E-state index in [2.05, 4.69) is 0 Å². The molecule has 1 aromatic rings. The fourth-order valence-corrected chi connectivity index (χ4v) is 2.46. The van der Waals surface area contributed by atoms with Crippen molar-refractivity contribution in [1.82, 2.24) is 4.90 Å². The summed E-state index contributed by atoms with van der Waals surface area (Å²) >= 11 is 5.80. The lowest BCUT2D eigenvalue weighted by Gasteiger charge is -2.22. The van der Waals surface area contributed by atoms with Gasteiger partial charge in [0.05, 0.1) is 17.6 Å². The monoisotopic (exact) mass is 284 g/mol. The predicted octanol–water partition coefficient (Wildman–Crippen LogP) is 1.85. The first-order valence-electron chi connectivity index (χ1n) is 5.90. The van der Waals surface area contributed by atoms with Gasteiger partial charge in [0.2, 0.25) is 0 Å².